The number of hydrogen-bond acceptors (Lipinski definition) is 2. The molecule has 0 spiro atoms. The van der Waals surface area contributed by atoms with Gasteiger partial charge in [-0.25, -0.2) is 4.39 Å². The molecule has 0 aliphatic carbocycles. The van der Waals surface area contributed by atoms with Crippen molar-refractivity contribution in [3.05, 3.63) is 35.6 Å². The van der Waals surface area contributed by atoms with E-state index in [0.717, 1.165) is 18.5 Å². The van der Waals surface area contributed by atoms with Gasteiger partial charge in [-0.1, -0.05) is 26.0 Å². The molecule has 0 saturated carbocycles. The van der Waals surface area contributed by atoms with E-state index in [-0.39, 0.29) is 11.9 Å². The molecule has 0 bridgehead atoms. The van der Waals surface area contributed by atoms with E-state index in [9.17, 15) is 4.39 Å². The molecule has 112 valence electrons. The lowest BCUT2D eigenvalue weighted by Crippen LogP contribution is -2.33. The summed E-state index contributed by atoms with van der Waals surface area (Å²) in [6.45, 7) is 9.12. The number of rotatable bonds is 7. The van der Waals surface area contributed by atoms with E-state index >= 15 is 0 Å². The molecule has 1 aromatic carbocycles. The Hall–Kier alpha value is -0.930. The van der Waals surface area contributed by atoms with Crippen LogP contribution in [0, 0.1) is 11.7 Å². The summed E-state index contributed by atoms with van der Waals surface area (Å²) in [4.78, 5) is 2.55. The van der Waals surface area contributed by atoms with Crippen LogP contribution < -0.4 is 5.32 Å². The maximum atomic E-state index is 13.3. The molecule has 3 heteroatoms. The zero-order valence-electron chi connectivity index (χ0n) is 12.7. The first-order valence-electron chi connectivity index (χ1n) is 7.90. The van der Waals surface area contributed by atoms with Crippen LogP contribution >= 0.6 is 0 Å². The second kappa shape index (κ2) is 7.75. The van der Waals surface area contributed by atoms with Crippen LogP contribution in [0.25, 0.3) is 0 Å². The van der Waals surface area contributed by atoms with Crippen molar-refractivity contribution < 1.29 is 4.39 Å². The summed E-state index contributed by atoms with van der Waals surface area (Å²) in [5.41, 5.74) is 1.06. The van der Waals surface area contributed by atoms with E-state index in [1.54, 1.807) is 12.1 Å². The maximum absolute atomic E-state index is 13.3. The molecule has 2 rings (SSSR count). The van der Waals surface area contributed by atoms with E-state index in [4.69, 9.17) is 0 Å². The van der Waals surface area contributed by atoms with Gasteiger partial charge in [0.15, 0.2) is 0 Å². The van der Waals surface area contributed by atoms with E-state index in [1.807, 2.05) is 6.07 Å². The number of nitrogens with zero attached hydrogens (tertiary/aromatic N) is 1. The van der Waals surface area contributed by atoms with Crippen molar-refractivity contribution in [3.63, 3.8) is 0 Å². The minimum absolute atomic E-state index is 0.145. The summed E-state index contributed by atoms with van der Waals surface area (Å²) in [5, 5.41) is 3.59. The summed E-state index contributed by atoms with van der Waals surface area (Å²) >= 11 is 0. The Morgan fingerprint density at radius 1 is 1.30 bits per heavy atom. The fraction of sp³-hybridized carbons (Fsp3) is 0.647. The van der Waals surface area contributed by atoms with Crippen molar-refractivity contribution in [1.29, 1.82) is 0 Å². The zero-order valence-corrected chi connectivity index (χ0v) is 12.7. The summed E-state index contributed by atoms with van der Waals surface area (Å²) in [5.74, 6) is 0.489. The quantitative estimate of drug-likeness (QED) is 0.820. The number of hydrogen-bond donors (Lipinski definition) is 1. The molecule has 0 amide bonds. The Kier molecular flexibility index (Phi) is 5.99. The van der Waals surface area contributed by atoms with Gasteiger partial charge in [0, 0.05) is 12.6 Å². The van der Waals surface area contributed by atoms with Gasteiger partial charge in [-0.05, 0) is 62.5 Å². The fourth-order valence-corrected chi connectivity index (χ4v) is 3.04. The first-order valence-corrected chi connectivity index (χ1v) is 7.90. The van der Waals surface area contributed by atoms with Crippen LogP contribution in [0.3, 0.4) is 0 Å². The normalized spacial score (nSPS) is 19.1. The van der Waals surface area contributed by atoms with Gasteiger partial charge >= 0.3 is 0 Å². The van der Waals surface area contributed by atoms with Crippen LogP contribution in [-0.4, -0.2) is 31.1 Å². The first-order chi connectivity index (χ1) is 9.69. The molecule has 1 saturated heterocycles. The molecule has 1 aliphatic heterocycles. The van der Waals surface area contributed by atoms with Gasteiger partial charge in [0.1, 0.15) is 5.82 Å². The highest BCUT2D eigenvalue weighted by molar-refractivity contribution is 5.20. The third-order valence-electron chi connectivity index (χ3n) is 4.14. The molecule has 1 fully saturated rings. The molecule has 2 unspecified atom stereocenters. The monoisotopic (exact) mass is 278 g/mol. The molecule has 0 radical (unpaired) electrons. The van der Waals surface area contributed by atoms with E-state index in [0.29, 0.717) is 5.92 Å². The van der Waals surface area contributed by atoms with E-state index < -0.39 is 0 Å². The summed E-state index contributed by atoms with van der Waals surface area (Å²) in [7, 11) is 0. The van der Waals surface area contributed by atoms with Crippen molar-refractivity contribution in [3.8, 4) is 0 Å². The molecular formula is C17H27FN2. The Labute approximate surface area is 122 Å². The molecule has 1 aliphatic rings. The molecule has 1 heterocycles. The average molecular weight is 278 g/mol. The second-order valence-electron chi connectivity index (χ2n) is 6.04. The predicted molar refractivity (Wildman–Crippen MR) is 82.3 cm³/mol. The Morgan fingerprint density at radius 2 is 2.05 bits per heavy atom. The molecule has 20 heavy (non-hydrogen) atoms. The molecule has 2 atom stereocenters. The van der Waals surface area contributed by atoms with Crippen LogP contribution in [0.2, 0.25) is 0 Å². The Balaban J connectivity index is 1.80. The van der Waals surface area contributed by atoms with Crippen LogP contribution in [0.1, 0.15) is 44.7 Å². The van der Waals surface area contributed by atoms with Gasteiger partial charge in [-0.15, -0.1) is 0 Å². The van der Waals surface area contributed by atoms with Crippen molar-refractivity contribution in [1.82, 2.24) is 10.2 Å². The lowest BCUT2D eigenvalue weighted by molar-refractivity contribution is 0.277. The van der Waals surface area contributed by atoms with Crippen LogP contribution in [-0.2, 0) is 0 Å². The van der Waals surface area contributed by atoms with Crippen LogP contribution in [0.5, 0.6) is 0 Å². The van der Waals surface area contributed by atoms with Crippen molar-refractivity contribution in [2.45, 2.75) is 39.2 Å². The predicted octanol–water partition coefficient (Wildman–Crippen LogP) is 3.60. The minimum Gasteiger partial charge on any atom is -0.310 e. The van der Waals surface area contributed by atoms with Gasteiger partial charge in [0.2, 0.25) is 0 Å². The largest absolute Gasteiger partial charge is 0.310 e. The molecular weight excluding hydrogens is 251 g/mol. The Morgan fingerprint density at radius 3 is 2.70 bits per heavy atom. The average Bonchev–Trinajstić information content (AvgIpc) is 2.92. The van der Waals surface area contributed by atoms with Crippen molar-refractivity contribution in [2.75, 3.05) is 26.2 Å². The first kappa shape index (κ1) is 15.5. The minimum atomic E-state index is -0.145. The van der Waals surface area contributed by atoms with Gasteiger partial charge < -0.3 is 10.2 Å². The third-order valence-corrected chi connectivity index (χ3v) is 4.14. The SMILES string of the molecule is CCC(NCC(C)CN1CCCC1)c1cccc(F)c1. The van der Waals surface area contributed by atoms with Crippen LogP contribution in [0.4, 0.5) is 4.39 Å². The molecule has 0 aromatic heterocycles. The second-order valence-corrected chi connectivity index (χ2v) is 6.04. The van der Waals surface area contributed by atoms with Crippen molar-refractivity contribution in [2.24, 2.45) is 5.92 Å². The standard InChI is InChI=1S/C17H27FN2/c1-3-17(15-7-6-8-16(18)11-15)19-12-14(2)13-20-9-4-5-10-20/h6-8,11,14,17,19H,3-5,9-10,12-13H2,1-2H3. The van der Waals surface area contributed by atoms with Gasteiger partial charge in [0.25, 0.3) is 0 Å². The lowest BCUT2D eigenvalue weighted by atomic mass is 10.0. The highest BCUT2D eigenvalue weighted by Crippen LogP contribution is 2.18. The highest BCUT2D eigenvalue weighted by atomic mass is 19.1. The van der Waals surface area contributed by atoms with Gasteiger partial charge in [-0.2, -0.15) is 0 Å². The van der Waals surface area contributed by atoms with Gasteiger partial charge in [0.05, 0.1) is 0 Å². The van der Waals surface area contributed by atoms with Gasteiger partial charge in [-0.3, -0.25) is 0 Å². The summed E-state index contributed by atoms with van der Waals surface area (Å²) in [6, 6.07) is 7.21. The third kappa shape index (κ3) is 4.57. The summed E-state index contributed by atoms with van der Waals surface area (Å²) < 4.78 is 13.3. The molecule has 1 N–H and O–H groups in total. The lowest BCUT2D eigenvalue weighted by Gasteiger charge is -2.24. The number of likely N-dealkylation sites (tertiary alicyclic amines) is 1. The molecule has 2 nitrogen and oxygen atoms in total. The van der Waals surface area contributed by atoms with E-state index in [2.05, 4.69) is 24.1 Å². The number of nitrogens with one attached hydrogen (secondary N) is 1. The number of halogens is 1. The fourth-order valence-electron chi connectivity index (χ4n) is 3.04. The zero-order chi connectivity index (χ0) is 14.4. The smallest absolute Gasteiger partial charge is 0.123 e. The molecule has 1 aromatic rings. The maximum Gasteiger partial charge on any atom is 0.123 e. The number of benzene rings is 1. The van der Waals surface area contributed by atoms with Crippen molar-refractivity contribution >= 4 is 0 Å². The highest BCUT2D eigenvalue weighted by Gasteiger charge is 2.16. The van der Waals surface area contributed by atoms with Crippen LogP contribution in [0.15, 0.2) is 24.3 Å². The topological polar surface area (TPSA) is 15.3 Å². The van der Waals surface area contributed by atoms with E-state index in [1.165, 1.54) is 38.5 Å². The summed E-state index contributed by atoms with van der Waals surface area (Å²) in [6.07, 6.45) is 3.68. The Bertz CT molecular complexity index is 402.